The second-order valence-electron chi connectivity index (χ2n) is 6.69. The van der Waals surface area contributed by atoms with Crippen LogP contribution in [-0.2, 0) is 11.3 Å². The number of rotatable bonds is 5. The Morgan fingerprint density at radius 3 is 2.32 bits per heavy atom. The number of nitrogens with zero attached hydrogens (tertiary/aromatic N) is 2. The van der Waals surface area contributed by atoms with Crippen molar-refractivity contribution in [2.24, 2.45) is 0 Å². The summed E-state index contributed by atoms with van der Waals surface area (Å²) in [6.45, 7) is 5.51. The fourth-order valence-electron chi connectivity index (χ4n) is 3.07. The summed E-state index contributed by atoms with van der Waals surface area (Å²) in [6.07, 6.45) is 0. The van der Waals surface area contributed by atoms with E-state index in [2.05, 4.69) is 10.3 Å². The lowest BCUT2D eigenvalue weighted by Gasteiger charge is -2.15. The van der Waals surface area contributed by atoms with Gasteiger partial charge in [0.2, 0.25) is 5.91 Å². The average molecular weight is 377 g/mol. The van der Waals surface area contributed by atoms with Crippen LogP contribution in [0.4, 0.5) is 5.69 Å². The Bertz CT molecular complexity index is 1050. The van der Waals surface area contributed by atoms with Gasteiger partial charge in [-0.1, -0.05) is 18.2 Å². The van der Waals surface area contributed by atoms with Gasteiger partial charge >= 0.3 is 0 Å². The minimum absolute atomic E-state index is 0.124. The first-order chi connectivity index (χ1) is 13.4. The maximum absolute atomic E-state index is 12.7. The zero-order chi connectivity index (χ0) is 20.3. The summed E-state index contributed by atoms with van der Waals surface area (Å²) >= 11 is 0. The number of aryl methyl sites for hydroxylation is 3. The predicted molar refractivity (Wildman–Crippen MR) is 110 cm³/mol. The molecule has 6 heteroatoms. The molecule has 0 fully saturated rings. The standard InChI is InChI=1S/C22H23N3O3/c1-14-6-5-7-15(2)21(14)24-19(26)13-25-20(27)12-16(3)23-22(25)17-8-10-18(28-4)11-9-17/h5-12H,13H2,1-4H3,(H,24,26). The van der Waals surface area contributed by atoms with E-state index in [0.29, 0.717) is 17.3 Å². The van der Waals surface area contributed by atoms with Gasteiger partial charge in [-0.05, 0) is 56.2 Å². The summed E-state index contributed by atoms with van der Waals surface area (Å²) in [5.74, 6) is 0.877. The van der Waals surface area contributed by atoms with E-state index in [1.165, 1.54) is 10.6 Å². The first-order valence-corrected chi connectivity index (χ1v) is 8.98. The number of nitrogens with one attached hydrogen (secondary N) is 1. The smallest absolute Gasteiger partial charge is 0.254 e. The summed E-state index contributed by atoms with van der Waals surface area (Å²) < 4.78 is 6.57. The predicted octanol–water partition coefficient (Wildman–Crippen LogP) is 3.48. The molecule has 0 spiro atoms. The second kappa shape index (κ2) is 8.08. The van der Waals surface area contributed by atoms with Crippen LogP contribution in [0.5, 0.6) is 5.75 Å². The zero-order valence-corrected chi connectivity index (χ0v) is 16.4. The van der Waals surface area contributed by atoms with Crippen LogP contribution in [0.3, 0.4) is 0 Å². The molecule has 0 bridgehead atoms. The highest BCUT2D eigenvalue weighted by molar-refractivity contribution is 5.92. The number of ether oxygens (including phenoxy) is 1. The van der Waals surface area contributed by atoms with Gasteiger partial charge in [-0.3, -0.25) is 14.2 Å². The number of anilines is 1. The van der Waals surface area contributed by atoms with Crippen LogP contribution in [0.25, 0.3) is 11.4 Å². The number of hydrogen-bond acceptors (Lipinski definition) is 4. The first-order valence-electron chi connectivity index (χ1n) is 8.98. The highest BCUT2D eigenvalue weighted by Crippen LogP contribution is 2.21. The van der Waals surface area contributed by atoms with Gasteiger partial charge in [0, 0.05) is 23.0 Å². The molecule has 0 unspecified atom stereocenters. The highest BCUT2D eigenvalue weighted by atomic mass is 16.5. The largest absolute Gasteiger partial charge is 0.497 e. The average Bonchev–Trinajstić information content (AvgIpc) is 2.67. The van der Waals surface area contributed by atoms with E-state index in [0.717, 1.165) is 22.4 Å². The van der Waals surface area contributed by atoms with E-state index in [1.54, 1.807) is 26.2 Å². The van der Waals surface area contributed by atoms with Gasteiger partial charge in [0.05, 0.1) is 7.11 Å². The molecule has 0 saturated heterocycles. The molecule has 2 aromatic carbocycles. The van der Waals surface area contributed by atoms with Gasteiger partial charge < -0.3 is 10.1 Å². The summed E-state index contributed by atoms with van der Waals surface area (Å²) in [5, 5.41) is 2.92. The van der Waals surface area contributed by atoms with Crippen LogP contribution in [-0.4, -0.2) is 22.6 Å². The van der Waals surface area contributed by atoms with Gasteiger partial charge in [-0.15, -0.1) is 0 Å². The topological polar surface area (TPSA) is 73.2 Å². The summed E-state index contributed by atoms with van der Waals surface area (Å²) in [5.41, 5.74) is 3.78. The number of benzene rings is 2. The number of amides is 1. The van der Waals surface area contributed by atoms with E-state index < -0.39 is 0 Å². The maximum atomic E-state index is 12.7. The van der Waals surface area contributed by atoms with Crippen LogP contribution in [0, 0.1) is 20.8 Å². The van der Waals surface area contributed by atoms with Crippen molar-refractivity contribution in [3.8, 4) is 17.1 Å². The van der Waals surface area contributed by atoms with Crippen LogP contribution in [0.2, 0.25) is 0 Å². The molecular weight excluding hydrogens is 354 g/mol. The Balaban J connectivity index is 1.95. The van der Waals surface area contributed by atoms with Crippen molar-refractivity contribution in [3.05, 3.63) is 75.7 Å². The summed E-state index contributed by atoms with van der Waals surface area (Å²) in [4.78, 5) is 29.8. The molecule has 1 aromatic heterocycles. The monoisotopic (exact) mass is 377 g/mol. The molecule has 3 aromatic rings. The third kappa shape index (κ3) is 4.11. The van der Waals surface area contributed by atoms with Gasteiger partial charge in [0.25, 0.3) is 5.56 Å². The minimum atomic E-state index is -0.278. The third-order valence-corrected chi connectivity index (χ3v) is 4.53. The van der Waals surface area contributed by atoms with E-state index >= 15 is 0 Å². The van der Waals surface area contributed by atoms with Crippen molar-refractivity contribution in [2.45, 2.75) is 27.3 Å². The molecule has 0 saturated carbocycles. The molecule has 0 aliphatic carbocycles. The van der Waals surface area contributed by atoms with Crippen molar-refractivity contribution in [3.63, 3.8) is 0 Å². The first kappa shape index (κ1) is 19.4. The lowest BCUT2D eigenvalue weighted by molar-refractivity contribution is -0.116. The Morgan fingerprint density at radius 1 is 1.07 bits per heavy atom. The Kier molecular flexibility index (Phi) is 5.59. The van der Waals surface area contributed by atoms with E-state index in [1.807, 2.05) is 44.2 Å². The molecule has 3 rings (SSSR count). The van der Waals surface area contributed by atoms with E-state index in [9.17, 15) is 9.59 Å². The Morgan fingerprint density at radius 2 is 1.71 bits per heavy atom. The fourth-order valence-corrected chi connectivity index (χ4v) is 3.07. The van der Waals surface area contributed by atoms with Crippen LogP contribution in [0.15, 0.2) is 53.3 Å². The van der Waals surface area contributed by atoms with Crippen LogP contribution in [0.1, 0.15) is 16.8 Å². The molecule has 28 heavy (non-hydrogen) atoms. The SMILES string of the molecule is COc1ccc(-c2nc(C)cc(=O)n2CC(=O)Nc2c(C)cccc2C)cc1. The molecule has 1 amide bonds. The molecule has 0 radical (unpaired) electrons. The zero-order valence-electron chi connectivity index (χ0n) is 16.4. The molecule has 1 N–H and O–H groups in total. The summed E-state index contributed by atoms with van der Waals surface area (Å²) in [7, 11) is 1.59. The number of carbonyl (C=O) groups is 1. The normalized spacial score (nSPS) is 10.6. The molecule has 144 valence electrons. The summed E-state index contributed by atoms with van der Waals surface area (Å²) in [6, 6.07) is 14.5. The lowest BCUT2D eigenvalue weighted by atomic mass is 10.1. The molecule has 1 heterocycles. The van der Waals surface area contributed by atoms with Crippen molar-refractivity contribution in [1.82, 2.24) is 9.55 Å². The lowest BCUT2D eigenvalue weighted by Crippen LogP contribution is -2.30. The molecule has 0 aliphatic rings. The fraction of sp³-hybridized carbons (Fsp3) is 0.227. The highest BCUT2D eigenvalue weighted by Gasteiger charge is 2.14. The van der Waals surface area contributed by atoms with Crippen molar-refractivity contribution >= 4 is 11.6 Å². The number of methoxy groups -OCH3 is 1. The number of hydrogen-bond donors (Lipinski definition) is 1. The van der Waals surface area contributed by atoms with Crippen LogP contribution < -0.4 is 15.6 Å². The molecule has 0 atom stereocenters. The Labute approximate surface area is 163 Å². The Hall–Kier alpha value is -3.41. The molecule has 6 nitrogen and oxygen atoms in total. The van der Waals surface area contributed by atoms with Gasteiger partial charge in [0.15, 0.2) is 0 Å². The number of aromatic nitrogens is 2. The van der Waals surface area contributed by atoms with Crippen LogP contribution >= 0.6 is 0 Å². The van der Waals surface area contributed by atoms with Gasteiger partial charge in [-0.2, -0.15) is 0 Å². The van der Waals surface area contributed by atoms with Crippen molar-refractivity contribution < 1.29 is 9.53 Å². The van der Waals surface area contributed by atoms with Crippen molar-refractivity contribution in [2.75, 3.05) is 12.4 Å². The maximum Gasteiger partial charge on any atom is 0.254 e. The second-order valence-corrected chi connectivity index (χ2v) is 6.69. The number of para-hydroxylation sites is 1. The molecule has 0 aliphatic heterocycles. The van der Waals surface area contributed by atoms with Crippen molar-refractivity contribution in [1.29, 1.82) is 0 Å². The third-order valence-electron chi connectivity index (χ3n) is 4.53. The van der Waals surface area contributed by atoms with Gasteiger partial charge in [0.1, 0.15) is 18.1 Å². The minimum Gasteiger partial charge on any atom is -0.497 e. The molecular formula is C22H23N3O3. The quantitative estimate of drug-likeness (QED) is 0.739. The number of carbonyl (C=O) groups excluding carboxylic acids is 1. The van der Waals surface area contributed by atoms with E-state index in [-0.39, 0.29) is 18.0 Å². The van der Waals surface area contributed by atoms with Gasteiger partial charge in [-0.25, -0.2) is 4.98 Å². The van der Waals surface area contributed by atoms with E-state index in [4.69, 9.17) is 4.74 Å².